The summed E-state index contributed by atoms with van der Waals surface area (Å²) in [6.45, 7) is 7.14. The summed E-state index contributed by atoms with van der Waals surface area (Å²) < 4.78 is 5.67. The van der Waals surface area contributed by atoms with Gasteiger partial charge in [0.1, 0.15) is 5.75 Å². The molecule has 2 N–H and O–H groups in total. The van der Waals surface area contributed by atoms with Gasteiger partial charge < -0.3 is 15.4 Å². The number of hydrogen-bond acceptors (Lipinski definition) is 3. The maximum Gasteiger partial charge on any atom is 0.119 e. The zero-order valence-electron chi connectivity index (χ0n) is 12.8. The third kappa shape index (κ3) is 7.13. The van der Waals surface area contributed by atoms with Crippen molar-refractivity contribution in [3.8, 4) is 5.75 Å². The molecule has 0 saturated heterocycles. The first-order chi connectivity index (χ1) is 9.49. The first-order valence-corrected chi connectivity index (χ1v) is 7.69. The van der Waals surface area contributed by atoms with Crippen molar-refractivity contribution in [3.63, 3.8) is 0 Å². The zero-order chi connectivity index (χ0) is 15.0. The number of halogens is 1. The first kappa shape index (κ1) is 17.3. The van der Waals surface area contributed by atoms with E-state index in [2.05, 4.69) is 25.8 Å². The van der Waals surface area contributed by atoms with Crippen LogP contribution in [0.2, 0.25) is 5.02 Å². The van der Waals surface area contributed by atoms with Gasteiger partial charge in [-0.05, 0) is 56.6 Å². The van der Waals surface area contributed by atoms with E-state index < -0.39 is 0 Å². The number of nitrogens with two attached hydrogens (primary N) is 1. The highest BCUT2D eigenvalue weighted by molar-refractivity contribution is 6.30. The molecule has 20 heavy (non-hydrogen) atoms. The zero-order valence-corrected chi connectivity index (χ0v) is 13.6. The largest absolute Gasteiger partial charge is 0.494 e. The molecule has 0 saturated carbocycles. The van der Waals surface area contributed by atoms with E-state index in [9.17, 15) is 0 Å². The molecule has 0 amide bonds. The van der Waals surface area contributed by atoms with Crippen LogP contribution in [-0.2, 0) is 0 Å². The molecule has 0 fully saturated rings. The standard InChI is InChI=1S/C16H27ClN2O/c1-13(2)16(18)9-11-19(3)10-4-12-20-15-7-5-14(17)6-8-15/h5-8,13,16H,4,9-12,18H2,1-3H3. The molecular formula is C16H27ClN2O. The van der Waals surface area contributed by atoms with Crippen LogP contribution in [0.5, 0.6) is 5.75 Å². The lowest BCUT2D eigenvalue weighted by atomic mass is 10.0. The lowest BCUT2D eigenvalue weighted by Crippen LogP contribution is -2.32. The van der Waals surface area contributed by atoms with E-state index in [1.54, 1.807) is 0 Å². The second kappa shape index (κ2) is 9.22. The van der Waals surface area contributed by atoms with Crippen LogP contribution >= 0.6 is 11.6 Å². The van der Waals surface area contributed by atoms with Gasteiger partial charge in [0, 0.05) is 17.6 Å². The van der Waals surface area contributed by atoms with Gasteiger partial charge in [-0.3, -0.25) is 0 Å². The summed E-state index contributed by atoms with van der Waals surface area (Å²) >= 11 is 5.82. The van der Waals surface area contributed by atoms with Crippen molar-refractivity contribution < 1.29 is 4.74 Å². The van der Waals surface area contributed by atoms with E-state index in [-0.39, 0.29) is 0 Å². The Balaban J connectivity index is 2.10. The van der Waals surface area contributed by atoms with E-state index in [0.29, 0.717) is 12.0 Å². The molecule has 0 aliphatic heterocycles. The summed E-state index contributed by atoms with van der Waals surface area (Å²) in [5.74, 6) is 1.43. The third-order valence-electron chi connectivity index (χ3n) is 3.47. The van der Waals surface area contributed by atoms with Gasteiger partial charge in [0.15, 0.2) is 0 Å². The van der Waals surface area contributed by atoms with Crippen LogP contribution in [0.1, 0.15) is 26.7 Å². The van der Waals surface area contributed by atoms with E-state index in [1.807, 2.05) is 24.3 Å². The molecule has 0 spiro atoms. The fourth-order valence-corrected chi connectivity index (χ4v) is 2.00. The molecule has 0 bridgehead atoms. The molecule has 0 radical (unpaired) electrons. The Kier molecular flexibility index (Phi) is 7.97. The summed E-state index contributed by atoms with van der Waals surface area (Å²) in [5, 5.41) is 0.735. The van der Waals surface area contributed by atoms with Crippen molar-refractivity contribution in [2.24, 2.45) is 11.7 Å². The van der Waals surface area contributed by atoms with Crippen LogP contribution in [0, 0.1) is 5.92 Å². The molecule has 1 aromatic rings. The van der Waals surface area contributed by atoms with Gasteiger partial charge in [0.2, 0.25) is 0 Å². The molecule has 0 aliphatic rings. The minimum absolute atomic E-state index is 0.294. The molecule has 1 unspecified atom stereocenters. The Hall–Kier alpha value is -0.770. The minimum atomic E-state index is 0.294. The Morgan fingerprint density at radius 2 is 1.85 bits per heavy atom. The van der Waals surface area contributed by atoms with Gasteiger partial charge >= 0.3 is 0 Å². The van der Waals surface area contributed by atoms with E-state index in [1.165, 1.54) is 0 Å². The van der Waals surface area contributed by atoms with Crippen molar-refractivity contribution in [1.82, 2.24) is 4.90 Å². The van der Waals surface area contributed by atoms with Crippen LogP contribution in [0.4, 0.5) is 0 Å². The third-order valence-corrected chi connectivity index (χ3v) is 3.72. The molecule has 0 aliphatic carbocycles. The molecule has 0 heterocycles. The van der Waals surface area contributed by atoms with Gasteiger partial charge in [-0.1, -0.05) is 25.4 Å². The highest BCUT2D eigenvalue weighted by Crippen LogP contribution is 2.15. The SMILES string of the molecule is CC(C)C(N)CCN(C)CCCOc1ccc(Cl)cc1. The van der Waals surface area contributed by atoms with Crippen molar-refractivity contribution >= 4 is 11.6 Å². The smallest absolute Gasteiger partial charge is 0.119 e. The maximum absolute atomic E-state index is 6.05. The van der Waals surface area contributed by atoms with Crippen molar-refractivity contribution in [3.05, 3.63) is 29.3 Å². The molecule has 1 rings (SSSR count). The fraction of sp³-hybridized carbons (Fsp3) is 0.625. The average molecular weight is 299 g/mol. The van der Waals surface area contributed by atoms with Crippen LogP contribution in [0.3, 0.4) is 0 Å². The van der Waals surface area contributed by atoms with E-state index >= 15 is 0 Å². The molecule has 0 aromatic heterocycles. The summed E-state index contributed by atoms with van der Waals surface area (Å²) in [7, 11) is 2.13. The number of nitrogens with zero attached hydrogens (tertiary/aromatic N) is 1. The molecule has 1 atom stereocenters. The normalized spacial score (nSPS) is 12.9. The molecule has 114 valence electrons. The number of rotatable bonds is 9. The van der Waals surface area contributed by atoms with E-state index in [4.69, 9.17) is 22.1 Å². The number of hydrogen-bond donors (Lipinski definition) is 1. The highest BCUT2D eigenvalue weighted by atomic mass is 35.5. The quantitative estimate of drug-likeness (QED) is 0.710. The first-order valence-electron chi connectivity index (χ1n) is 7.31. The highest BCUT2D eigenvalue weighted by Gasteiger charge is 2.08. The Labute approximate surface area is 128 Å². The fourth-order valence-electron chi connectivity index (χ4n) is 1.87. The lowest BCUT2D eigenvalue weighted by Gasteiger charge is -2.21. The molecular weight excluding hydrogens is 272 g/mol. The Bertz CT molecular complexity index is 367. The van der Waals surface area contributed by atoms with E-state index in [0.717, 1.165) is 43.3 Å². The van der Waals surface area contributed by atoms with Gasteiger partial charge in [-0.25, -0.2) is 0 Å². The molecule has 4 heteroatoms. The van der Waals surface area contributed by atoms with Gasteiger partial charge in [-0.15, -0.1) is 0 Å². The summed E-state index contributed by atoms with van der Waals surface area (Å²) in [6, 6.07) is 7.77. The molecule has 3 nitrogen and oxygen atoms in total. The monoisotopic (exact) mass is 298 g/mol. The predicted molar refractivity (Wildman–Crippen MR) is 86.5 cm³/mol. The van der Waals surface area contributed by atoms with Gasteiger partial charge in [0.25, 0.3) is 0 Å². The van der Waals surface area contributed by atoms with Crippen LogP contribution < -0.4 is 10.5 Å². The van der Waals surface area contributed by atoms with Crippen LogP contribution in [0.25, 0.3) is 0 Å². The van der Waals surface area contributed by atoms with Gasteiger partial charge in [-0.2, -0.15) is 0 Å². The maximum atomic E-state index is 6.05. The van der Waals surface area contributed by atoms with Crippen LogP contribution in [-0.4, -0.2) is 37.7 Å². The van der Waals surface area contributed by atoms with Crippen molar-refractivity contribution in [2.45, 2.75) is 32.7 Å². The number of ether oxygens (including phenoxy) is 1. The Morgan fingerprint density at radius 3 is 2.45 bits per heavy atom. The number of benzene rings is 1. The minimum Gasteiger partial charge on any atom is -0.494 e. The van der Waals surface area contributed by atoms with Crippen molar-refractivity contribution in [2.75, 3.05) is 26.7 Å². The summed E-state index contributed by atoms with van der Waals surface area (Å²) in [4.78, 5) is 2.31. The summed E-state index contributed by atoms with van der Waals surface area (Å²) in [6.07, 6.45) is 2.06. The summed E-state index contributed by atoms with van der Waals surface area (Å²) in [5.41, 5.74) is 6.05. The van der Waals surface area contributed by atoms with Crippen LogP contribution in [0.15, 0.2) is 24.3 Å². The predicted octanol–water partition coefficient (Wildman–Crippen LogP) is 3.41. The topological polar surface area (TPSA) is 38.5 Å². The lowest BCUT2D eigenvalue weighted by molar-refractivity contribution is 0.253. The average Bonchev–Trinajstić information content (AvgIpc) is 2.42. The second-order valence-corrected chi connectivity index (χ2v) is 6.09. The Morgan fingerprint density at radius 1 is 1.20 bits per heavy atom. The van der Waals surface area contributed by atoms with Gasteiger partial charge in [0.05, 0.1) is 6.61 Å². The van der Waals surface area contributed by atoms with Crippen molar-refractivity contribution in [1.29, 1.82) is 0 Å². The molecule has 1 aromatic carbocycles. The second-order valence-electron chi connectivity index (χ2n) is 5.66.